The monoisotopic (exact) mass is 306 g/mol. The van der Waals surface area contributed by atoms with Crippen LogP contribution in [0, 0.1) is 21.7 Å². The summed E-state index contributed by atoms with van der Waals surface area (Å²) in [5.41, 5.74) is -0.00276. The van der Waals surface area contributed by atoms with Crippen molar-refractivity contribution in [3.63, 3.8) is 0 Å². The van der Waals surface area contributed by atoms with Crippen LogP contribution >= 0.6 is 0 Å². The van der Waals surface area contributed by atoms with Gasteiger partial charge in [-0.1, -0.05) is 12.1 Å². The molecular weight excluding hydrogens is 294 g/mol. The summed E-state index contributed by atoms with van der Waals surface area (Å²) in [6, 6.07) is 7.53. The Kier molecular flexibility index (Phi) is 4.45. The predicted octanol–water partition coefficient (Wildman–Crippen LogP) is 3.36. The number of hydrogen-bond acceptors (Lipinski definition) is 3. The van der Waals surface area contributed by atoms with E-state index in [-0.39, 0.29) is 16.8 Å². The average molecular weight is 306 g/mol. The number of carbonyl (C=O) groups is 1. The van der Waals surface area contributed by atoms with E-state index in [1.165, 1.54) is 31.2 Å². The Morgan fingerprint density at radius 2 is 1.95 bits per heavy atom. The second-order valence-corrected chi connectivity index (χ2v) is 4.67. The highest BCUT2D eigenvalue weighted by molar-refractivity contribution is 5.95. The van der Waals surface area contributed by atoms with Gasteiger partial charge in [-0.3, -0.25) is 14.9 Å². The maximum atomic E-state index is 13.6. The van der Waals surface area contributed by atoms with Gasteiger partial charge in [0.2, 0.25) is 0 Å². The summed E-state index contributed by atoms with van der Waals surface area (Å²) in [5, 5.41) is 13.2. The van der Waals surface area contributed by atoms with Crippen LogP contribution in [0.15, 0.2) is 42.5 Å². The van der Waals surface area contributed by atoms with E-state index >= 15 is 0 Å². The predicted molar refractivity (Wildman–Crippen MR) is 75.3 cm³/mol. The molecule has 7 heteroatoms. The zero-order chi connectivity index (χ0) is 16.3. The van der Waals surface area contributed by atoms with Gasteiger partial charge >= 0.3 is 0 Å². The number of nitro benzene ring substituents is 1. The summed E-state index contributed by atoms with van der Waals surface area (Å²) in [7, 11) is 0. The average Bonchev–Trinajstić information content (AvgIpc) is 2.47. The molecule has 22 heavy (non-hydrogen) atoms. The number of hydrogen-bond donors (Lipinski definition) is 1. The maximum absolute atomic E-state index is 13.6. The zero-order valence-corrected chi connectivity index (χ0v) is 11.5. The van der Waals surface area contributed by atoms with E-state index in [2.05, 4.69) is 5.32 Å². The van der Waals surface area contributed by atoms with Gasteiger partial charge in [0.1, 0.15) is 11.6 Å². The van der Waals surface area contributed by atoms with E-state index in [0.717, 1.165) is 18.2 Å². The second kappa shape index (κ2) is 6.30. The second-order valence-electron chi connectivity index (χ2n) is 4.67. The Morgan fingerprint density at radius 1 is 1.23 bits per heavy atom. The van der Waals surface area contributed by atoms with Crippen LogP contribution in [0.5, 0.6) is 0 Å². The van der Waals surface area contributed by atoms with Crippen LogP contribution in [-0.2, 0) is 0 Å². The lowest BCUT2D eigenvalue weighted by molar-refractivity contribution is -0.384. The van der Waals surface area contributed by atoms with Crippen LogP contribution in [-0.4, -0.2) is 10.8 Å². The fourth-order valence-electron chi connectivity index (χ4n) is 1.97. The molecule has 0 saturated heterocycles. The van der Waals surface area contributed by atoms with Crippen LogP contribution < -0.4 is 5.32 Å². The molecule has 2 aromatic carbocycles. The molecule has 1 atom stereocenters. The molecule has 0 aliphatic heterocycles. The van der Waals surface area contributed by atoms with E-state index in [1.54, 1.807) is 0 Å². The minimum atomic E-state index is -0.771. The van der Waals surface area contributed by atoms with Crippen molar-refractivity contribution in [2.45, 2.75) is 13.0 Å². The molecule has 0 spiro atoms. The van der Waals surface area contributed by atoms with Gasteiger partial charge in [0.25, 0.3) is 11.6 Å². The van der Waals surface area contributed by atoms with Crippen LogP contribution in [0.25, 0.3) is 0 Å². The van der Waals surface area contributed by atoms with Gasteiger partial charge in [-0.25, -0.2) is 8.78 Å². The Balaban J connectivity index is 2.17. The third-order valence-corrected chi connectivity index (χ3v) is 3.10. The highest BCUT2D eigenvalue weighted by Gasteiger charge is 2.17. The molecule has 5 nitrogen and oxygen atoms in total. The molecule has 114 valence electrons. The Labute approximate surface area is 124 Å². The molecule has 0 radical (unpaired) electrons. The summed E-state index contributed by atoms with van der Waals surface area (Å²) >= 11 is 0. The molecule has 2 rings (SSSR count). The van der Waals surface area contributed by atoms with Crippen LogP contribution in [0.4, 0.5) is 14.5 Å². The number of nitrogens with zero attached hydrogens (tertiary/aromatic N) is 1. The molecule has 1 N–H and O–H groups in total. The van der Waals surface area contributed by atoms with Crippen molar-refractivity contribution < 1.29 is 18.5 Å². The Morgan fingerprint density at radius 3 is 2.59 bits per heavy atom. The smallest absolute Gasteiger partial charge is 0.270 e. The lowest BCUT2D eigenvalue weighted by Gasteiger charge is -2.15. The van der Waals surface area contributed by atoms with Crippen molar-refractivity contribution in [1.82, 2.24) is 5.32 Å². The number of amides is 1. The number of benzene rings is 2. The normalized spacial score (nSPS) is 11.8. The Bertz CT molecular complexity index is 734. The molecular formula is C15H12F2N2O3. The summed E-state index contributed by atoms with van der Waals surface area (Å²) in [6.45, 7) is 1.53. The van der Waals surface area contributed by atoms with Crippen molar-refractivity contribution >= 4 is 11.6 Å². The van der Waals surface area contributed by atoms with E-state index < -0.39 is 28.5 Å². The zero-order valence-electron chi connectivity index (χ0n) is 11.5. The van der Waals surface area contributed by atoms with Crippen molar-refractivity contribution in [3.05, 3.63) is 75.3 Å². The van der Waals surface area contributed by atoms with Gasteiger partial charge in [0, 0.05) is 29.3 Å². The molecule has 0 heterocycles. The van der Waals surface area contributed by atoms with Crippen molar-refractivity contribution in [3.8, 4) is 0 Å². The quantitative estimate of drug-likeness (QED) is 0.695. The first-order valence-corrected chi connectivity index (χ1v) is 6.38. The first-order chi connectivity index (χ1) is 10.4. The van der Waals surface area contributed by atoms with Gasteiger partial charge in [0.15, 0.2) is 0 Å². The largest absolute Gasteiger partial charge is 0.345 e. The number of carbonyl (C=O) groups excluding carboxylic acids is 1. The summed E-state index contributed by atoms with van der Waals surface area (Å²) < 4.78 is 26.5. The maximum Gasteiger partial charge on any atom is 0.270 e. The molecule has 0 aliphatic rings. The van der Waals surface area contributed by atoms with Gasteiger partial charge in [0.05, 0.1) is 11.0 Å². The lowest BCUT2D eigenvalue weighted by atomic mass is 10.1. The highest BCUT2D eigenvalue weighted by atomic mass is 19.1. The summed E-state index contributed by atoms with van der Waals surface area (Å²) in [5.74, 6) is -2.06. The highest BCUT2D eigenvalue weighted by Crippen LogP contribution is 2.19. The molecule has 1 amide bonds. The molecule has 0 bridgehead atoms. The molecule has 0 fully saturated rings. The number of nitro groups is 1. The molecule has 2 aromatic rings. The lowest BCUT2D eigenvalue weighted by Crippen LogP contribution is -2.27. The number of non-ortho nitro benzene ring substituents is 1. The molecule has 0 aliphatic carbocycles. The minimum Gasteiger partial charge on any atom is -0.345 e. The third-order valence-electron chi connectivity index (χ3n) is 3.10. The van der Waals surface area contributed by atoms with E-state index in [1.807, 2.05) is 0 Å². The fraction of sp³-hybridized carbons (Fsp3) is 0.133. The SMILES string of the molecule is C[C@@H](NC(=O)c1cccc([N+](=O)[O-])c1)c1ccc(F)cc1F. The minimum absolute atomic E-state index is 0.0866. The topological polar surface area (TPSA) is 72.2 Å². The van der Waals surface area contributed by atoms with Gasteiger partial charge < -0.3 is 5.32 Å². The van der Waals surface area contributed by atoms with Gasteiger partial charge in [-0.05, 0) is 19.1 Å². The van der Waals surface area contributed by atoms with E-state index in [9.17, 15) is 23.7 Å². The summed E-state index contributed by atoms with van der Waals surface area (Å²) in [4.78, 5) is 22.1. The van der Waals surface area contributed by atoms with Crippen LogP contribution in [0.3, 0.4) is 0 Å². The first kappa shape index (κ1) is 15.6. The van der Waals surface area contributed by atoms with Crippen molar-refractivity contribution in [2.24, 2.45) is 0 Å². The van der Waals surface area contributed by atoms with Crippen molar-refractivity contribution in [1.29, 1.82) is 0 Å². The van der Waals surface area contributed by atoms with Crippen LogP contribution in [0.1, 0.15) is 28.9 Å². The summed E-state index contributed by atoms with van der Waals surface area (Å²) in [6.07, 6.45) is 0. The van der Waals surface area contributed by atoms with Crippen molar-refractivity contribution in [2.75, 3.05) is 0 Å². The van der Waals surface area contributed by atoms with Gasteiger partial charge in [-0.2, -0.15) is 0 Å². The number of rotatable bonds is 4. The van der Waals surface area contributed by atoms with E-state index in [0.29, 0.717) is 0 Å². The van der Waals surface area contributed by atoms with Crippen LogP contribution in [0.2, 0.25) is 0 Å². The first-order valence-electron chi connectivity index (χ1n) is 6.38. The van der Waals surface area contributed by atoms with E-state index in [4.69, 9.17) is 0 Å². The standard InChI is InChI=1S/C15H12F2N2O3/c1-9(13-6-5-11(16)8-14(13)17)18-15(20)10-3-2-4-12(7-10)19(21)22/h2-9H,1H3,(H,18,20)/t9-/m1/s1. The Hall–Kier alpha value is -2.83. The fourth-order valence-corrected chi connectivity index (χ4v) is 1.97. The number of halogens is 2. The molecule has 0 aromatic heterocycles. The third kappa shape index (κ3) is 3.43. The molecule has 0 saturated carbocycles. The molecule has 0 unspecified atom stereocenters. The van der Waals surface area contributed by atoms with Gasteiger partial charge in [-0.15, -0.1) is 0 Å². The number of nitrogens with one attached hydrogen (secondary N) is 1.